The van der Waals surface area contributed by atoms with E-state index in [0.29, 0.717) is 11.8 Å². The van der Waals surface area contributed by atoms with Gasteiger partial charge >= 0.3 is 6.01 Å². The summed E-state index contributed by atoms with van der Waals surface area (Å²) in [5.41, 5.74) is 2.81. The molecule has 22 heavy (non-hydrogen) atoms. The normalized spacial score (nSPS) is 10.7. The van der Waals surface area contributed by atoms with Gasteiger partial charge in [-0.25, -0.2) is 15.0 Å². The lowest BCUT2D eigenvalue weighted by molar-refractivity contribution is 0.442. The molecule has 4 rings (SSSR count). The molecular weight excluding hydrogens is 276 g/mol. The van der Waals surface area contributed by atoms with E-state index in [2.05, 4.69) is 19.9 Å². The zero-order valence-electron chi connectivity index (χ0n) is 11.6. The molecule has 0 aliphatic rings. The van der Waals surface area contributed by atoms with Crippen LogP contribution in [0.3, 0.4) is 0 Å². The summed E-state index contributed by atoms with van der Waals surface area (Å²) in [6, 6.07) is 13.7. The number of ether oxygens (including phenoxy) is 1. The van der Waals surface area contributed by atoms with E-state index in [1.165, 1.54) is 0 Å². The largest absolute Gasteiger partial charge is 0.424 e. The number of nitrogens with zero attached hydrogens (tertiary/aromatic N) is 3. The summed E-state index contributed by atoms with van der Waals surface area (Å²) in [6.45, 7) is 0. The monoisotopic (exact) mass is 288 g/mol. The quantitative estimate of drug-likeness (QED) is 0.622. The molecule has 0 saturated carbocycles. The fourth-order valence-corrected chi connectivity index (χ4v) is 2.31. The molecule has 0 unspecified atom stereocenters. The molecule has 5 nitrogen and oxygen atoms in total. The first-order valence-corrected chi connectivity index (χ1v) is 6.87. The second-order valence-electron chi connectivity index (χ2n) is 4.77. The van der Waals surface area contributed by atoms with Crippen molar-refractivity contribution in [2.24, 2.45) is 0 Å². The van der Waals surface area contributed by atoms with Gasteiger partial charge in [-0.15, -0.1) is 0 Å². The highest BCUT2D eigenvalue weighted by Gasteiger charge is 2.07. The standard InChI is InChI=1S/C17H12N4O/c1-2-4-13(5-3-1)22-17-20-10-12(11-21-17)14-6-8-18-16-15(14)7-9-19-16/h1-11H,(H,18,19). The Kier molecular flexibility index (Phi) is 3.01. The van der Waals surface area contributed by atoms with Crippen LogP contribution in [0.2, 0.25) is 0 Å². The van der Waals surface area contributed by atoms with Crippen molar-refractivity contribution in [2.75, 3.05) is 0 Å². The molecule has 0 amide bonds. The van der Waals surface area contributed by atoms with E-state index < -0.39 is 0 Å². The molecule has 5 heteroatoms. The summed E-state index contributed by atoms with van der Waals surface area (Å²) in [7, 11) is 0. The molecule has 1 N–H and O–H groups in total. The number of pyridine rings is 1. The number of hydrogen-bond donors (Lipinski definition) is 1. The highest BCUT2D eigenvalue weighted by atomic mass is 16.5. The first-order valence-electron chi connectivity index (χ1n) is 6.87. The van der Waals surface area contributed by atoms with Gasteiger partial charge in [0.2, 0.25) is 0 Å². The molecule has 4 aromatic rings. The fourth-order valence-electron chi connectivity index (χ4n) is 2.31. The van der Waals surface area contributed by atoms with Crippen LogP contribution in [-0.2, 0) is 0 Å². The van der Waals surface area contributed by atoms with Crippen molar-refractivity contribution in [3.63, 3.8) is 0 Å². The molecule has 0 spiro atoms. The highest BCUT2D eigenvalue weighted by molar-refractivity contribution is 5.92. The van der Waals surface area contributed by atoms with Crippen molar-refractivity contribution < 1.29 is 4.74 Å². The number of fused-ring (bicyclic) bond motifs is 1. The van der Waals surface area contributed by atoms with Gasteiger partial charge in [0, 0.05) is 35.7 Å². The maximum absolute atomic E-state index is 5.60. The van der Waals surface area contributed by atoms with Crippen LogP contribution in [0.4, 0.5) is 0 Å². The zero-order chi connectivity index (χ0) is 14.8. The summed E-state index contributed by atoms with van der Waals surface area (Å²) >= 11 is 0. The molecule has 0 fully saturated rings. The summed E-state index contributed by atoms with van der Waals surface area (Å²) in [4.78, 5) is 15.9. The number of rotatable bonds is 3. The summed E-state index contributed by atoms with van der Waals surface area (Å²) in [6.07, 6.45) is 7.15. The lowest BCUT2D eigenvalue weighted by Crippen LogP contribution is -1.92. The molecular formula is C17H12N4O. The number of hydrogen-bond acceptors (Lipinski definition) is 4. The van der Waals surface area contributed by atoms with Crippen LogP contribution in [0.25, 0.3) is 22.2 Å². The summed E-state index contributed by atoms with van der Waals surface area (Å²) < 4.78 is 5.60. The molecule has 0 bridgehead atoms. The minimum atomic E-state index is 0.328. The van der Waals surface area contributed by atoms with Crippen LogP contribution in [0.15, 0.2) is 67.3 Å². The lowest BCUT2D eigenvalue weighted by Gasteiger charge is -2.05. The third kappa shape index (κ3) is 2.29. The third-order valence-corrected chi connectivity index (χ3v) is 3.35. The smallest absolute Gasteiger partial charge is 0.321 e. The molecule has 3 heterocycles. The van der Waals surface area contributed by atoms with Crippen molar-refractivity contribution >= 4 is 11.0 Å². The van der Waals surface area contributed by atoms with E-state index in [1.807, 2.05) is 48.7 Å². The van der Waals surface area contributed by atoms with E-state index in [-0.39, 0.29) is 0 Å². The van der Waals surface area contributed by atoms with Gasteiger partial charge in [0.25, 0.3) is 0 Å². The van der Waals surface area contributed by atoms with Gasteiger partial charge in [0.1, 0.15) is 11.4 Å². The predicted molar refractivity (Wildman–Crippen MR) is 83.6 cm³/mol. The van der Waals surface area contributed by atoms with E-state index in [1.54, 1.807) is 18.6 Å². The topological polar surface area (TPSA) is 63.7 Å². The summed E-state index contributed by atoms with van der Waals surface area (Å²) in [5.74, 6) is 0.715. The van der Waals surface area contributed by atoms with Gasteiger partial charge in [-0.05, 0) is 29.8 Å². The first-order chi connectivity index (χ1) is 10.9. The molecule has 0 aliphatic heterocycles. The second kappa shape index (κ2) is 5.29. The zero-order valence-corrected chi connectivity index (χ0v) is 11.6. The van der Waals surface area contributed by atoms with Crippen molar-refractivity contribution in [3.8, 4) is 22.9 Å². The minimum absolute atomic E-state index is 0.328. The Morgan fingerprint density at radius 3 is 2.50 bits per heavy atom. The van der Waals surface area contributed by atoms with Crippen LogP contribution in [0.5, 0.6) is 11.8 Å². The van der Waals surface area contributed by atoms with Crippen molar-refractivity contribution in [3.05, 3.63) is 67.3 Å². The van der Waals surface area contributed by atoms with Gasteiger partial charge in [-0.1, -0.05) is 18.2 Å². The van der Waals surface area contributed by atoms with E-state index in [4.69, 9.17) is 4.74 Å². The predicted octanol–water partition coefficient (Wildman–Crippen LogP) is 3.81. The van der Waals surface area contributed by atoms with Crippen LogP contribution in [0, 0.1) is 0 Å². The average Bonchev–Trinajstić information content (AvgIpc) is 3.05. The summed E-state index contributed by atoms with van der Waals surface area (Å²) in [5, 5.41) is 1.04. The number of nitrogens with one attached hydrogen (secondary N) is 1. The van der Waals surface area contributed by atoms with Gasteiger partial charge in [-0.2, -0.15) is 0 Å². The molecule has 0 aliphatic carbocycles. The van der Waals surface area contributed by atoms with E-state index >= 15 is 0 Å². The second-order valence-corrected chi connectivity index (χ2v) is 4.77. The van der Waals surface area contributed by atoms with Gasteiger partial charge < -0.3 is 9.72 Å². The average molecular weight is 288 g/mol. The SMILES string of the molecule is c1ccc(Oc2ncc(-c3ccnc4[nH]ccc34)cn2)cc1. The van der Waals surface area contributed by atoms with Crippen molar-refractivity contribution in [2.45, 2.75) is 0 Å². The molecule has 3 aromatic heterocycles. The Balaban J connectivity index is 1.66. The fraction of sp³-hybridized carbons (Fsp3) is 0. The van der Waals surface area contributed by atoms with Crippen LogP contribution >= 0.6 is 0 Å². The number of para-hydroxylation sites is 1. The van der Waals surface area contributed by atoms with Gasteiger partial charge in [0.15, 0.2) is 0 Å². The Morgan fingerprint density at radius 2 is 1.68 bits per heavy atom. The number of aromatic nitrogens is 4. The third-order valence-electron chi connectivity index (χ3n) is 3.35. The van der Waals surface area contributed by atoms with Gasteiger partial charge in [-0.3, -0.25) is 0 Å². The molecule has 0 saturated heterocycles. The molecule has 0 radical (unpaired) electrons. The van der Waals surface area contributed by atoms with Crippen molar-refractivity contribution in [1.82, 2.24) is 19.9 Å². The number of benzene rings is 1. The minimum Gasteiger partial charge on any atom is -0.424 e. The van der Waals surface area contributed by atoms with Crippen molar-refractivity contribution in [1.29, 1.82) is 0 Å². The molecule has 106 valence electrons. The van der Waals surface area contributed by atoms with E-state index in [0.717, 1.165) is 22.2 Å². The van der Waals surface area contributed by atoms with Crippen LogP contribution in [0.1, 0.15) is 0 Å². The molecule has 0 atom stereocenters. The first kappa shape index (κ1) is 12.5. The molecule has 1 aromatic carbocycles. The highest BCUT2D eigenvalue weighted by Crippen LogP contribution is 2.26. The van der Waals surface area contributed by atoms with Gasteiger partial charge in [0.05, 0.1) is 0 Å². The van der Waals surface area contributed by atoms with Crippen LogP contribution in [-0.4, -0.2) is 19.9 Å². The maximum Gasteiger partial charge on any atom is 0.321 e. The van der Waals surface area contributed by atoms with E-state index in [9.17, 15) is 0 Å². The Bertz CT molecular complexity index is 901. The Morgan fingerprint density at radius 1 is 0.864 bits per heavy atom. The lowest BCUT2D eigenvalue weighted by atomic mass is 10.1. The Labute approximate surface area is 126 Å². The maximum atomic E-state index is 5.60. The number of H-pyrrole nitrogens is 1. The number of aromatic amines is 1. The van der Waals surface area contributed by atoms with Crippen LogP contribution < -0.4 is 4.74 Å². The Hall–Kier alpha value is -3.21.